The number of nitrogens with one attached hydrogen (secondary N) is 2. The Morgan fingerprint density at radius 1 is 1.05 bits per heavy atom. The molecule has 0 aliphatic carbocycles. The zero-order chi connectivity index (χ0) is 14.5. The molecular formula is C16H16N4O. The van der Waals surface area contributed by atoms with Crippen molar-refractivity contribution in [2.45, 2.75) is 13.5 Å². The molecule has 2 N–H and O–H groups in total. The number of rotatable bonds is 5. The number of hydrogen-bond donors (Lipinski definition) is 2. The van der Waals surface area contributed by atoms with Crippen LogP contribution >= 0.6 is 0 Å². The van der Waals surface area contributed by atoms with Crippen LogP contribution in [0.3, 0.4) is 0 Å². The van der Waals surface area contributed by atoms with Crippen LogP contribution in [0.1, 0.15) is 11.3 Å². The van der Waals surface area contributed by atoms with Gasteiger partial charge in [0.05, 0.1) is 12.4 Å². The lowest BCUT2D eigenvalue weighted by Crippen LogP contribution is -2.01. The van der Waals surface area contributed by atoms with Gasteiger partial charge in [-0.1, -0.05) is 18.2 Å². The summed E-state index contributed by atoms with van der Waals surface area (Å²) in [6, 6.07) is 13.4. The minimum absolute atomic E-state index is 0.689. The van der Waals surface area contributed by atoms with E-state index in [9.17, 15) is 0 Å². The highest BCUT2D eigenvalue weighted by atomic mass is 16.5. The molecule has 0 radical (unpaired) electrons. The first-order valence-corrected chi connectivity index (χ1v) is 6.73. The maximum atomic E-state index is 5.70. The second-order valence-corrected chi connectivity index (χ2v) is 4.67. The molecule has 3 aromatic rings. The third kappa shape index (κ3) is 3.39. The molecule has 3 rings (SSSR count). The van der Waals surface area contributed by atoms with Crippen LogP contribution in [0.4, 0.5) is 5.82 Å². The Morgan fingerprint density at radius 3 is 2.57 bits per heavy atom. The van der Waals surface area contributed by atoms with Crippen molar-refractivity contribution in [1.29, 1.82) is 0 Å². The average molecular weight is 280 g/mol. The molecule has 5 nitrogen and oxygen atoms in total. The molecular weight excluding hydrogens is 264 g/mol. The highest BCUT2D eigenvalue weighted by Gasteiger charge is 2.02. The third-order valence-corrected chi connectivity index (χ3v) is 3.11. The molecule has 21 heavy (non-hydrogen) atoms. The van der Waals surface area contributed by atoms with Crippen molar-refractivity contribution >= 4 is 5.82 Å². The predicted octanol–water partition coefficient (Wildman–Crippen LogP) is 3.52. The summed E-state index contributed by atoms with van der Waals surface area (Å²) < 4.78 is 5.70. The summed E-state index contributed by atoms with van der Waals surface area (Å²) in [6.07, 6.45) is 3.52. The monoisotopic (exact) mass is 280 g/mol. The smallest absolute Gasteiger partial charge is 0.145 e. The fourth-order valence-electron chi connectivity index (χ4n) is 1.91. The van der Waals surface area contributed by atoms with Crippen LogP contribution in [0.5, 0.6) is 11.5 Å². The molecule has 1 aromatic carbocycles. The zero-order valence-electron chi connectivity index (χ0n) is 11.7. The van der Waals surface area contributed by atoms with Crippen molar-refractivity contribution in [3.63, 3.8) is 0 Å². The molecule has 0 saturated heterocycles. The fourth-order valence-corrected chi connectivity index (χ4v) is 1.91. The van der Waals surface area contributed by atoms with Crippen molar-refractivity contribution in [2.24, 2.45) is 0 Å². The van der Waals surface area contributed by atoms with Crippen molar-refractivity contribution < 1.29 is 4.74 Å². The van der Waals surface area contributed by atoms with E-state index in [-0.39, 0.29) is 0 Å². The second-order valence-electron chi connectivity index (χ2n) is 4.67. The number of aromatic nitrogens is 3. The van der Waals surface area contributed by atoms with E-state index >= 15 is 0 Å². The first-order valence-electron chi connectivity index (χ1n) is 6.73. The van der Waals surface area contributed by atoms with Crippen LogP contribution in [-0.2, 0) is 6.54 Å². The standard InChI is InChI=1S/C16H16N4O/c1-12-13(10-19-20-12)9-17-16-8-7-15(11-18-16)21-14-5-3-2-4-6-14/h2-8,10-11H,9H2,1H3,(H,17,18)(H,19,20). The van der Waals surface area contributed by atoms with Gasteiger partial charge in [0.15, 0.2) is 0 Å². The van der Waals surface area contributed by atoms with Gasteiger partial charge in [-0.3, -0.25) is 5.10 Å². The van der Waals surface area contributed by atoms with Crippen molar-refractivity contribution in [3.05, 3.63) is 66.1 Å². The minimum Gasteiger partial charge on any atom is -0.456 e. The minimum atomic E-state index is 0.689. The zero-order valence-corrected chi connectivity index (χ0v) is 11.7. The highest BCUT2D eigenvalue weighted by Crippen LogP contribution is 2.21. The number of benzene rings is 1. The van der Waals surface area contributed by atoms with E-state index in [4.69, 9.17) is 4.74 Å². The van der Waals surface area contributed by atoms with Crippen LogP contribution < -0.4 is 10.1 Å². The molecule has 5 heteroatoms. The topological polar surface area (TPSA) is 62.8 Å². The first kappa shape index (κ1) is 13.2. The molecule has 0 aliphatic rings. The summed E-state index contributed by atoms with van der Waals surface area (Å²) in [4.78, 5) is 4.34. The lowest BCUT2D eigenvalue weighted by atomic mass is 10.2. The van der Waals surface area contributed by atoms with Crippen LogP contribution in [0.25, 0.3) is 0 Å². The van der Waals surface area contributed by atoms with Gasteiger partial charge in [-0.15, -0.1) is 0 Å². The Morgan fingerprint density at radius 2 is 1.90 bits per heavy atom. The van der Waals surface area contributed by atoms with E-state index in [1.165, 1.54) is 0 Å². The van der Waals surface area contributed by atoms with E-state index in [1.54, 1.807) is 6.20 Å². The lowest BCUT2D eigenvalue weighted by Gasteiger charge is -2.07. The second kappa shape index (κ2) is 6.09. The van der Waals surface area contributed by atoms with Crippen molar-refractivity contribution in [2.75, 3.05) is 5.32 Å². The Kier molecular flexibility index (Phi) is 3.82. The Balaban J connectivity index is 1.60. The van der Waals surface area contributed by atoms with Gasteiger partial charge in [0, 0.05) is 17.8 Å². The summed E-state index contributed by atoms with van der Waals surface area (Å²) in [7, 11) is 0. The van der Waals surface area contributed by atoms with Crippen molar-refractivity contribution in [3.8, 4) is 11.5 Å². The summed E-state index contributed by atoms with van der Waals surface area (Å²) in [5, 5.41) is 10.2. The molecule has 0 bridgehead atoms. The maximum absolute atomic E-state index is 5.70. The number of para-hydroxylation sites is 1. The van der Waals surface area contributed by atoms with E-state index in [0.29, 0.717) is 12.3 Å². The molecule has 0 atom stereocenters. The normalized spacial score (nSPS) is 10.3. The highest BCUT2D eigenvalue weighted by molar-refractivity contribution is 5.40. The van der Waals surface area contributed by atoms with Crippen LogP contribution in [-0.4, -0.2) is 15.2 Å². The van der Waals surface area contributed by atoms with Gasteiger partial charge in [0.2, 0.25) is 0 Å². The lowest BCUT2D eigenvalue weighted by molar-refractivity contribution is 0.480. The Bertz CT molecular complexity index is 692. The van der Waals surface area contributed by atoms with E-state index in [2.05, 4.69) is 20.5 Å². The number of pyridine rings is 1. The van der Waals surface area contributed by atoms with Crippen molar-refractivity contribution in [1.82, 2.24) is 15.2 Å². The molecule has 0 saturated carbocycles. The number of hydrogen-bond acceptors (Lipinski definition) is 4. The van der Waals surface area contributed by atoms with Gasteiger partial charge in [-0.25, -0.2) is 4.98 Å². The molecule has 0 fully saturated rings. The van der Waals surface area contributed by atoms with Gasteiger partial charge in [0.1, 0.15) is 17.3 Å². The molecule has 2 heterocycles. The number of ether oxygens (including phenoxy) is 1. The van der Waals surface area contributed by atoms with Gasteiger partial charge in [-0.2, -0.15) is 5.10 Å². The van der Waals surface area contributed by atoms with E-state index in [0.717, 1.165) is 22.8 Å². The fraction of sp³-hybridized carbons (Fsp3) is 0.125. The Hall–Kier alpha value is -2.82. The number of aromatic amines is 1. The average Bonchev–Trinajstić information content (AvgIpc) is 2.93. The number of anilines is 1. The SMILES string of the molecule is Cc1[nH]ncc1CNc1ccc(Oc2ccccc2)cn1. The van der Waals surface area contributed by atoms with Crippen LogP contribution in [0.15, 0.2) is 54.9 Å². The summed E-state index contributed by atoms with van der Waals surface area (Å²) >= 11 is 0. The third-order valence-electron chi connectivity index (χ3n) is 3.11. The summed E-state index contributed by atoms with van der Waals surface area (Å²) in [5.74, 6) is 2.32. The Labute approximate surface area is 123 Å². The van der Waals surface area contributed by atoms with Gasteiger partial charge >= 0.3 is 0 Å². The summed E-state index contributed by atoms with van der Waals surface area (Å²) in [6.45, 7) is 2.68. The molecule has 106 valence electrons. The predicted molar refractivity (Wildman–Crippen MR) is 81.4 cm³/mol. The largest absolute Gasteiger partial charge is 0.456 e. The van der Waals surface area contributed by atoms with Gasteiger partial charge < -0.3 is 10.1 Å². The molecule has 0 unspecified atom stereocenters. The van der Waals surface area contributed by atoms with Crippen LogP contribution in [0, 0.1) is 6.92 Å². The van der Waals surface area contributed by atoms with Gasteiger partial charge in [0.25, 0.3) is 0 Å². The van der Waals surface area contributed by atoms with Gasteiger partial charge in [-0.05, 0) is 31.2 Å². The molecule has 0 amide bonds. The molecule has 0 spiro atoms. The van der Waals surface area contributed by atoms with E-state index < -0.39 is 0 Å². The summed E-state index contributed by atoms with van der Waals surface area (Å²) in [5.41, 5.74) is 2.19. The maximum Gasteiger partial charge on any atom is 0.145 e. The van der Waals surface area contributed by atoms with E-state index in [1.807, 2.05) is 55.6 Å². The first-order chi connectivity index (χ1) is 10.3. The molecule has 0 aliphatic heterocycles. The van der Waals surface area contributed by atoms with Crippen LogP contribution in [0.2, 0.25) is 0 Å². The number of aryl methyl sites for hydroxylation is 1. The quantitative estimate of drug-likeness (QED) is 0.750. The molecule has 2 aromatic heterocycles. The number of H-pyrrole nitrogens is 1. The number of nitrogens with zero attached hydrogens (tertiary/aromatic N) is 2.